The van der Waals surface area contributed by atoms with Crippen LogP contribution in [0.1, 0.15) is 62.7 Å². The van der Waals surface area contributed by atoms with Gasteiger partial charge in [-0.05, 0) is 71.5 Å². The molecule has 10 nitrogen and oxygen atoms in total. The number of amides is 1. The first kappa shape index (κ1) is 31.0. The maximum absolute atomic E-state index is 13.0. The van der Waals surface area contributed by atoms with Crippen LogP contribution in [-0.2, 0) is 13.6 Å². The van der Waals surface area contributed by atoms with Crippen LogP contribution in [0.2, 0.25) is 0 Å². The summed E-state index contributed by atoms with van der Waals surface area (Å²) in [4.78, 5) is 24.5. The molecule has 11 heteroatoms. The molecule has 0 aromatic heterocycles. The van der Waals surface area contributed by atoms with Gasteiger partial charge in [-0.3, -0.25) is 14.4 Å². The molecule has 1 atom stereocenters. The summed E-state index contributed by atoms with van der Waals surface area (Å²) in [5.74, 6) is 1.24. The fourth-order valence-electron chi connectivity index (χ4n) is 5.70. The van der Waals surface area contributed by atoms with E-state index in [9.17, 15) is 9.36 Å². The van der Waals surface area contributed by atoms with Crippen LogP contribution >= 0.6 is 7.60 Å². The quantitative estimate of drug-likeness (QED) is 0.203. The van der Waals surface area contributed by atoms with E-state index in [-0.39, 0.29) is 11.9 Å². The molecular formula is C29H47N4O6P. The van der Waals surface area contributed by atoms with Crippen molar-refractivity contribution in [3.05, 3.63) is 17.7 Å². The molecule has 0 bridgehead atoms. The molecule has 1 aromatic rings. The fourth-order valence-corrected chi connectivity index (χ4v) is 7.35. The second kappa shape index (κ2) is 15.3. The zero-order valence-electron chi connectivity index (χ0n) is 24.5. The van der Waals surface area contributed by atoms with E-state index >= 15 is 0 Å². The Bertz CT molecular complexity index is 1040. The van der Waals surface area contributed by atoms with Crippen molar-refractivity contribution in [3.8, 4) is 11.5 Å². The van der Waals surface area contributed by atoms with Gasteiger partial charge in [-0.2, -0.15) is 0 Å². The van der Waals surface area contributed by atoms with Gasteiger partial charge < -0.3 is 33.2 Å². The van der Waals surface area contributed by atoms with Crippen LogP contribution in [0.15, 0.2) is 17.1 Å². The van der Waals surface area contributed by atoms with E-state index in [0.29, 0.717) is 48.7 Å². The van der Waals surface area contributed by atoms with Crippen LogP contribution < -0.4 is 9.47 Å². The highest BCUT2D eigenvalue weighted by Gasteiger charge is 2.32. The minimum Gasteiger partial charge on any atom is -0.493 e. The van der Waals surface area contributed by atoms with Gasteiger partial charge >= 0.3 is 7.60 Å². The van der Waals surface area contributed by atoms with E-state index in [4.69, 9.17) is 18.5 Å². The number of carbonyl (C=O) groups excluding carboxylic acids is 1. The fraction of sp³-hybridized carbons (Fsp3) is 0.724. The molecule has 0 aliphatic carbocycles. The number of aliphatic imine (C=N–C) groups is 1. The van der Waals surface area contributed by atoms with Crippen molar-refractivity contribution < 1.29 is 27.9 Å². The summed E-state index contributed by atoms with van der Waals surface area (Å²) in [6.07, 6.45) is 8.37. The first-order chi connectivity index (χ1) is 19.5. The van der Waals surface area contributed by atoms with E-state index in [0.717, 1.165) is 84.3 Å². The molecule has 0 spiro atoms. The number of hydrogen-bond acceptors (Lipinski definition) is 9. The van der Waals surface area contributed by atoms with Gasteiger partial charge in [0.1, 0.15) is 0 Å². The van der Waals surface area contributed by atoms with E-state index in [1.165, 1.54) is 0 Å². The largest absolute Gasteiger partial charge is 0.493 e. The number of benzene rings is 1. The molecular weight excluding hydrogens is 531 g/mol. The van der Waals surface area contributed by atoms with Crippen molar-refractivity contribution in [2.24, 2.45) is 4.99 Å². The van der Waals surface area contributed by atoms with Gasteiger partial charge in [0, 0.05) is 45.0 Å². The molecule has 3 aliphatic heterocycles. The van der Waals surface area contributed by atoms with Crippen molar-refractivity contribution in [3.63, 3.8) is 0 Å². The first-order valence-electron chi connectivity index (χ1n) is 15.0. The molecule has 40 heavy (non-hydrogen) atoms. The molecule has 0 saturated carbocycles. The average molecular weight is 579 g/mol. The maximum Gasteiger partial charge on any atom is 0.330 e. The number of carbonyl (C=O) groups is 1. The number of hydrogen-bond donors (Lipinski definition) is 0. The lowest BCUT2D eigenvalue weighted by molar-refractivity contribution is 0.0774. The Morgan fingerprint density at radius 3 is 2.30 bits per heavy atom. The second-order valence-electron chi connectivity index (χ2n) is 10.6. The van der Waals surface area contributed by atoms with Crippen molar-refractivity contribution in [2.45, 2.75) is 58.4 Å². The molecule has 3 heterocycles. The van der Waals surface area contributed by atoms with Crippen molar-refractivity contribution in [2.75, 3.05) is 78.9 Å². The van der Waals surface area contributed by atoms with Crippen LogP contribution in [0.25, 0.3) is 0 Å². The number of ether oxygens (including phenoxy) is 2. The number of fused-ring (bicyclic) bond motifs is 2. The van der Waals surface area contributed by atoms with Gasteiger partial charge in [-0.1, -0.05) is 0 Å². The predicted molar refractivity (Wildman–Crippen MR) is 158 cm³/mol. The number of nitrogens with zero attached hydrogens (tertiary/aromatic N) is 4. The van der Waals surface area contributed by atoms with Gasteiger partial charge in [0.25, 0.3) is 5.91 Å². The third-order valence-electron chi connectivity index (χ3n) is 7.86. The molecule has 2 saturated heterocycles. The highest BCUT2D eigenvalue weighted by molar-refractivity contribution is 7.53. The van der Waals surface area contributed by atoms with Gasteiger partial charge in [-0.25, -0.2) is 0 Å². The summed E-state index contributed by atoms with van der Waals surface area (Å²) in [6.45, 7) is 12.2. The smallest absolute Gasteiger partial charge is 0.330 e. The Morgan fingerprint density at radius 2 is 1.62 bits per heavy atom. The first-order valence-corrected chi connectivity index (χ1v) is 16.7. The Hall–Kier alpha value is -1.97. The third-order valence-corrected chi connectivity index (χ3v) is 10.0. The minimum atomic E-state index is -2.94. The van der Waals surface area contributed by atoms with Gasteiger partial charge in [0.2, 0.25) is 0 Å². The number of rotatable bonds is 16. The normalized spacial score (nSPS) is 19.9. The van der Waals surface area contributed by atoms with E-state index in [1.54, 1.807) is 13.2 Å². The molecule has 0 radical (unpaired) electrons. The summed E-state index contributed by atoms with van der Waals surface area (Å²) in [6, 6.07) is 3.71. The summed E-state index contributed by atoms with van der Waals surface area (Å²) in [5, 5.41) is 0. The Labute approximate surface area is 239 Å². The number of methoxy groups -OCH3 is 1. The van der Waals surface area contributed by atoms with Gasteiger partial charge in [0.05, 0.1) is 50.4 Å². The molecule has 4 rings (SSSR count). The van der Waals surface area contributed by atoms with E-state index < -0.39 is 7.60 Å². The topological polar surface area (TPSA) is 93.1 Å². The maximum atomic E-state index is 13.0. The third kappa shape index (κ3) is 8.29. The lowest BCUT2D eigenvalue weighted by Crippen LogP contribution is -2.46. The summed E-state index contributed by atoms with van der Waals surface area (Å²) < 4.78 is 35.1. The van der Waals surface area contributed by atoms with E-state index in [2.05, 4.69) is 14.8 Å². The van der Waals surface area contributed by atoms with Crippen LogP contribution in [0.3, 0.4) is 0 Å². The van der Waals surface area contributed by atoms with Crippen molar-refractivity contribution >= 4 is 25.4 Å². The molecule has 2 fully saturated rings. The van der Waals surface area contributed by atoms with Crippen molar-refractivity contribution in [1.82, 2.24) is 14.7 Å². The van der Waals surface area contributed by atoms with Crippen LogP contribution in [0.4, 0.5) is 5.69 Å². The van der Waals surface area contributed by atoms with E-state index in [1.807, 2.05) is 31.0 Å². The number of unbranched alkanes of at least 4 members (excludes halogenated alkanes) is 2. The Balaban J connectivity index is 1.12. The van der Waals surface area contributed by atoms with Gasteiger partial charge in [-0.15, -0.1) is 0 Å². The van der Waals surface area contributed by atoms with Crippen molar-refractivity contribution in [1.29, 1.82) is 0 Å². The molecule has 0 unspecified atom stereocenters. The van der Waals surface area contributed by atoms with Gasteiger partial charge in [0.15, 0.2) is 11.5 Å². The summed E-state index contributed by atoms with van der Waals surface area (Å²) >= 11 is 0. The monoisotopic (exact) mass is 578 g/mol. The zero-order chi connectivity index (χ0) is 28.4. The highest BCUT2D eigenvalue weighted by atomic mass is 31.2. The minimum absolute atomic E-state index is 0.0228. The molecule has 3 aliphatic rings. The molecule has 1 amide bonds. The summed E-state index contributed by atoms with van der Waals surface area (Å²) in [5.41, 5.74) is 1.24. The lowest BCUT2D eigenvalue weighted by Gasteiger charge is -2.34. The SMILES string of the molecule is CCOP(=O)(CCCN1CCN(CCCCCOc2cc3c(cc2OC)C(=O)N2CCC[C@H]2C=N3)CC1)OCC. The predicted octanol–water partition coefficient (Wildman–Crippen LogP) is 4.84. The standard InChI is InChI=1S/C29H47N4O6P/c1-4-38-40(35,39-5-2)20-10-13-32-17-15-31(16-18-32)12-7-6-8-19-37-28-22-26-25(21-27(28)36-3)29(34)33-14-9-11-24(33)23-30-26/h21-24H,4-20H2,1-3H3/t24-/m0/s1. The lowest BCUT2D eigenvalue weighted by atomic mass is 10.1. The van der Waals surface area contributed by atoms with Crippen LogP contribution in [-0.4, -0.2) is 112 Å². The average Bonchev–Trinajstić information content (AvgIpc) is 3.38. The van der Waals surface area contributed by atoms with Crippen LogP contribution in [0, 0.1) is 0 Å². The Morgan fingerprint density at radius 1 is 0.925 bits per heavy atom. The zero-order valence-corrected chi connectivity index (χ0v) is 25.4. The highest BCUT2D eigenvalue weighted by Crippen LogP contribution is 2.48. The second-order valence-corrected chi connectivity index (χ2v) is 12.8. The molecule has 224 valence electrons. The number of piperazine rings is 1. The van der Waals surface area contributed by atoms with Crippen LogP contribution in [0.5, 0.6) is 11.5 Å². The summed E-state index contributed by atoms with van der Waals surface area (Å²) in [7, 11) is -1.33. The Kier molecular flexibility index (Phi) is 11.9. The molecule has 1 aromatic carbocycles. The molecule has 0 N–H and O–H groups in total.